The molecule has 2 aromatic heterocycles. The fourth-order valence-electron chi connectivity index (χ4n) is 2.70. The first-order chi connectivity index (χ1) is 10.1. The molecule has 21 heavy (non-hydrogen) atoms. The quantitative estimate of drug-likeness (QED) is 0.650. The number of halogens is 1. The lowest BCUT2D eigenvalue weighted by atomic mass is 10.1. The molecule has 2 nitrogen and oxygen atoms in total. The van der Waals surface area contributed by atoms with E-state index in [-0.39, 0.29) is 12.1 Å². The molecule has 0 fully saturated rings. The molecule has 2 unspecified atom stereocenters. The number of fused-ring (bicyclic) bond motifs is 1. The van der Waals surface area contributed by atoms with Crippen molar-refractivity contribution in [3.8, 4) is 0 Å². The summed E-state index contributed by atoms with van der Waals surface area (Å²) in [5.41, 5.74) is 2.16. The lowest BCUT2D eigenvalue weighted by Gasteiger charge is -2.18. The Balaban J connectivity index is 1.83. The highest BCUT2D eigenvalue weighted by atomic mass is 35.5. The van der Waals surface area contributed by atoms with Gasteiger partial charge in [-0.15, -0.1) is 11.3 Å². The van der Waals surface area contributed by atoms with Gasteiger partial charge < -0.3 is 9.73 Å². The van der Waals surface area contributed by atoms with Crippen molar-refractivity contribution in [2.45, 2.75) is 32.9 Å². The van der Waals surface area contributed by atoms with Crippen LogP contribution in [0.4, 0.5) is 0 Å². The van der Waals surface area contributed by atoms with Gasteiger partial charge in [0.1, 0.15) is 11.3 Å². The smallest absolute Gasteiger partial charge is 0.134 e. The molecule has 0 spiro atoms. The van der Waals surface area contributed by atoms with E-state index in [1.54, 1.807) is 11.3 Å². The number of para-hydroxylation sites is 1. The van der Waals surface area contributed by atoms with Gasteiger partial charge in [0.15, 0.2) is 0 Å². The van der Waals surface area contributed by atoms with Gasteiger partial charge in [-0.25, -0.2) is 0 Å². The van der Waals surface area contributed by atoms with Crippen LogP contribution in [0.5, 0.6) is 0 Å². The molecule has 0 saturated heterocycles. The Hall–Kier alpha value is -1.29. The molecule has 0 bridgehead atoms. The van der Waals surface area contributed by atoms with Crippen molar-refractivity contribution in [1.29, 1.82) is 0 Å². The molecule has 3 aromatic rings. The van der Waals surface area contributed by atoms with Crippen LogP contribution in [0.1, 0.15) is 42.1 Å². The average Bonchev–Trinajstić information content (AvgIpc) is 3.04. The Morgan fingerprint density at radius 2 is 1.86 bits per heavy atom. The van der Waals surface area contributed by atoms with Crippen LogP contribution in [0.15, 0.2) is 40.8 Å². The maximum atomic E-state index is 6.02. The van der Waals surface area contributed by atoms with Crippen LogP contribution < -0.4 is 5.32 Å². The van der Waals surface area contributed by atoms with E-state index >= 15 is 0 Å². The summed E-state index contributed by atoms with van der Waals surface area (Å²) in [5.74, 6) is 1.01. The zero-order valence-electron chi connectivity index (χ0n) is 12.3. The molecule has 1 N–H and O–H groups in total. The Morgan fingerprint density at radius 3 is 2.52 bits per heavy atom. The third-order valence-electron chi connectivity index (χ3n) is 3.79. The van der Waals surface area contributed by atoms with Crippen LogP contribution in [0.2, 0.25) is 4.34 Å². The van der Waals surface area contributed by atoms with Crippen LogP contribution in [-0.4, -0.2) is 0 Å². The molecule has 1 aromatic carbocycles. The van der Waals surface area contributed by atoms with E-state index in [4.69, 9.17) is 16.0 Å². The molecule has 0 radical (unpaired) electrons. The van der Waals surface area contributed by atoms with Crippen molar-refractivity contribution in [2.75, 3.05) is 0 Å². The van der Waals surface area contributed by atoms with Crippen molar-refractivity contribution in [3.63, 3.8) is 0 Å². The van der Waals surface area contributed by atoms with Gasteiger partial charge in [-0.3, -0.25) is 0 Å². The highest BCUT2D eigenvalue weighted by Gasteiger charge is 2.19. The molecule has 0 aliphatic rings. The van der Waals surface area contributed by atoms with Crippen LogP contribution in [0.3, 0.4) is 0 Å². The summed E-state index contributed by atoms with van der Waals surface area (Å²) in [7, 11) is 0. The number of thiophene rings is 1. The summed E-state index contributed by atoms with van der Waals surface area (Å²) < 4.78 is 6.84. The maximum Gasteiger partial charge on any atom is 0.134 e. The standard InChI is InChI=1S/C17H18ClNOS/c1-10-13-6-4-5-7-14(13)20-17(10)12(3)19-11(2)15-8-9-16(18)21-15/h4-9,11-12,19H,1-3H3. The van der Waals surface area contributed by atoms with E-state index in [2.05, 4.69) is 38.2 Å². The molecular weight excluding hydrogens is 302 g/mol. The average molecular weight is 320 g/mol. The van der Waals surface area contributed by atoms with Crippen LogP contribution in [0, 0.1) is 6.92 Å². The number of hydrogen-bond acceptors (Lipinski definition) is 3. The SMILES string of the molecule is Cc1c(C(C)NC(C)c2ccc(Cl)s2)oc2ccccc12. The monoisotopic (exact) mass is 319 g/mol. The number of nitrogens with one attached hydrogen (secondary N) is 1. The summed E-state index contributed by atoms with van der Waals surface area (Å²) in [6.07, 6.45) is 0. The van der Waals surface area contributed by atoms with Gasteiger partial charge in [0.25, 0.3) is 0 Å². The van der Waals surface area contributed by atoms with Crippen LogP contribution >= 0.6 is 22.9 Å². The number of rotatable bonds is 4. The summed E-state index contributed by atoms with van der Waals surface area (Å²) in [6.45, 7) is 6.40. The Morgan fingerprint density at radius 1 is 1.10 bits per heavy atom. The Bertz CT molecular complexity index is 761. The predicted molar refractivity (Wildman–Crippen MR) is 90.2 cm³/mol. The first-order valence-electron chi connectivity index (χ1n) is 7.05. The molecule has 2 heterocycles. The normalized spacial score (nSPS) is 14.5. The van der Waals surface area contributed by atoms with Crippen molar-refractivity contribution >= 4 is 33.9 Å². The van der Waals surface area contributed by atoms with Crippen molar-refractivity contribution in [3.05, 3.63) is 56.9 Å². The third-order valence-corrected chi connectivity index (χ3v) is 5.21. The molecule has 3 rings (SSSR count). The topological polar surface area (TPSA) is 25.2 Å². The van der Waals surface area contributed by atoms with Crippen molar-refractivity contribution in [2.24, 2.45) is 0 Å². The minimum atomic E-state index is 0.147. The first kappa shape index (κ1) is 14.6. The molecule has 0 aliphatic heterocycles. The summed E-state index contributed by atoms with van der Waals surface area (Å²) in [6, 6.07) is 12.6. The number of hydrogen-bond donors (Lipinski definition) is 1. The van der Waals surface area contributed by atoms with Crippen LogP contribution in [0.25, 0.3) is 11.0 Å². The summed E-state index contributed by atoms with van der Waals surface area (Å²) in [5, 5.41) is 4.77. The van der Waals surface area contributed by atoms with E-state index in [0.717, 1.165) is 15.7 Å². The van der Waals surface area contributed by atoms with E-state index in [0.29, 0.717) is 0 Å². The molecule has 110 valence electrons. The van der Waals surface area contributed by atoms with Gasteiger partial charge in [0.2, 0.25) is 0 Å². The summed E-state index contributed by atoms with van der Waals surface area (Å²) in [4.78, 5) is 1.24. The number of benzene rings is 1. The van der Waals surface area contributed by atoms with E-state index in [1.165, 1.54) is 15.8 Å². The lowest BCUT2D eigenvalue weighted by Crippen LogP contribution is -2.21. The van der Waals surface area contributed by atoms with Gasteiger partial charge in [-0.1, -0.05) is 29.8 Å². The Kier molecular flexibility index (Phi) is 4.07. The molecule has 2 atom stereocenters. The minimum absolute atomic E-state index is 0.147. The molecule has 0 saturated carbocycles. The second kappa shape index (κ2) is 5.84. The lowest BCUT2D eigenvalue weighted by molar-refractivity contribution is 0.417. The third kappa shape index (κ3) is 2.86. The van der Waals surface area contributed by atoms with E-state index in [9.17, 15) is 0 Å². The fourth-order valence-corrected chi connectivity index (χ4v) is 3.77. The molecule has 0 aliphatic carbocycles. The molecular formula is C17H18ClNOS. The van der Waals surface area contributed by atoms with Crippen molar-refractivity contribution in [1.82, 2.24) is 5.32 Å². The molecule has 4 heteroatoms. The van der Waals surface area contributed by atoms with Gasteiger partial charge in [-0.2, -0.15) is 0 Å². The van der Waals surface area contributed by atoms with Crippen LogP contribution in [-0.2, 0) is 0 Å². The minimum Gasteiger partial charge on any atom is -0.459 e. The van der Waals surface area contributed by atoms with Gasteiger partial charge in [0.05, 0.1) is 10.4 Å². The van der Waals surface area contributed by atoms with Gasteiger partial charge in [-0.05, 0) is 44.5 Å². The second-order valence-electron chi connectivity index (χ2n) is 5.34. The summed E-state index contributed by atoms with van der Waals surface area (Å²) >= 11 is 7.62. The van der Waals surface area contributed by atoms with Gasteiger partial charge >= 0.3 is 0 Å². The Labute approximate surface area is 133 Å². The largest absolute Gasteiger partial charge is 0.459 e. The maximum absolute atomic E-state index is 6.02. The zero-order valence-corrected chi connectivity index (χ0v) is 13.9. The number of aryl methyl sites for hydroxylation is 1. The highest BCUT2D eigenvalue weighted by molar-refractivity contribution is 7.16. The highest BCUT2D eigenvalue weighted by Crippen LogP contribution is 2.32. The fraction of sp³-hybridized carbons (Fsp3) is 0.294. The number of furan rings is 1. The predicted octanol–water partition coefficient (Wildman–Crippen LogP) is 5.87. The molecule has 0 amide bonds. The van der Waals surface area contributed by atoms with Crippen molar-refractivity contribution < 1.29 is 4.42 Å². The zero-order chi connectivity index (χ0) is 15.0. The second-order valence-corrected chi connectivity index (χ2v) is 7.09. The van der Waals surface area contributed by atoms with E-state index < -0.39 is 0 Å². The van der Waals surface area contributed by atoms with E-state index in [1.807, 2.05) is 24.3 Å². The van der Waals surface area contributed by atoms with Gasteiger partial charge in [0, 0.05) is 16.3 Å². The first-order valence-corrected chi connectivity index (χ1v) is 8.25.